The van der Waals surface area contributed by atoms with Gasteiger partial charge in [0.1, 0.15) is 12.4 Å². The highest BCUT2D eigenvalue weighted by atomic mass is 16.5. The monoisotopic (exact) mass is 393 g/mol. The maximum Gasteiger partial charge on any atom is 0.239 e. The zero-order valence-corrected chi connectivity index (χ0v) is 17.4. The van der Waals surface area contributed by atoms with Crippen molar-refractivity contribution in [2.45, 2.75) is 38.3 Å². The van der Waals surface area contributed by atoms with E-state index in [-0.39, 0.29) is 11.9 Å². The van der Waals surface area contributed by atoms with Gasteiger partial charge in [-0.2, -0.15) is 0 Å². The van der Waals surface area contributed by atoms with E-state index in [1.165, 1.54) is 0 Å². The van der Waals surface area contributed by atoms with E-state index in [1.54, 1.807) is 18.2 Å². The zero-order valence-electron chi connectivity index (χ0n) is 17.4. The molecule has 1 amide bonds. The first-order valence-corrected chi connectivity index (χ1v) is 10.1. The Bertz CT molecular complexity index is 589. The van der Waals surface area contributed by atoms with Crippen LogP contribution in [0.3, 0.4) is 0 Å². The van der Waals surface area contributed by atoms with Crippen LogP contribution in [0.5, 0.6) is 0 Å². The van der Waals surface area contributed by atoms with Crippen molar-refractivity contribution < 1.29 is 13.9 Å². The maximum atomic E-state index is 12.2. The Kier molecular flexibility index (Phi) is 9.85. The molecular weight excluding hydrogens is 358 g/mol. The van der Waals surface area contributed by atoms with E-state index < -0.39 is 0 Å². The van der Waals surface area contributed by atoms with Gasteiger partial charge in [0.25, 0.3) is 0 Å². The second kappa shape index (κ2) is 12.4. The molecule has 2 heterocycles. The Labute approximate surface area is 168 Å². The number of furan rings is 1. The molecular formula is C20H35N5O3. The largest absolute Gasteiger partial charge is 0.467 e. The van der Waals surface area contributed by atoms with Gasteiger partial charge in [-0.3, -0.25) is 14.7 Å². The molecule has 2 N–H and O–H groups in total. The highest BCUT2D eigenvalue weighted by molar-refractivity contribution is 5.81. The van der Waals surface area contributed by atoms with Crippen LogP contribution in [-0.4, -0.2) is 81.6 Å². The molecule has 1 aromatic heterocycles. The number of carbonyl (C=O) groups is 1. The number of hydrogen-bond donors (Lipinski definition) is 2. The normalized spacial score (nSPS) is 17.7. The molecule has 0 bridgehead atoms. The number of carbonyl (C=O) groups excluding carboxylic acids is 1. The molecule has 1 saturated heterocycles. The first-order valence-electron chi connectivity index (χ1n) is 10.1. The Morgan fingerprint density at radius 2 is 2.14 bits per heavy atom. The highest BCUT2D eigenvalue weighted by Crippen LogP contribution is 2.18. The van der Waals surface area contributed by atoms with E-state index in [4.69, 9.17) is 9.15 Å². The quantitative estimate of drug-likeness (QED) is 0.335. The molecule has 1 atom stereocenters. The van der Waals surface area contributed by atoms with Gasteiger partial charge in [-0.25, -0.2) is 0 Å². The summed E-state index contributed by atoms with van der Waals surface area (Å²) < 4.78 is 10.8. The first-order chi connectivity index (χ1) is 13.6. The fourth-order valence-electron chi connectivity index (χ4n) is 3.33. The number of likely N-dealkylation sites (N-methyl/N-ethyl adjacent to an activating group) is 1. The summed E-state index contributed by atoms with van der Waals surface area (Å²) in [5.74, 6) is 1.86. The van der Waals surface area contributed by atoms with Crippen molar-refractivity contribution in [3.05, 3.63) is 24.2 Å². The van der Waals surface area contributed by atoms with Crippen molar-refractivity contribution in [2.75, 3.05) is 53.9 Å². The Balaban J connectivity index is 1.52. The summed E-state index contributed by atoms with van der Waals surface area (Å²) in [6.45, 7) is 4.73. The second-order valence-electron chi connectivity index (χ2n) is 7.19. The number of amides is 1. The summed E-state index contributed by atoms with van der Waals surface area (Å²) in [4.78, 5) is 20.5. The van der Waals surface area contributed by atoms with Crippen LogP contribution in [0.25, 0.3) is 0 Å². The van der Waals surface area contributed by atoms with Gasteiger partial charge in [0.2, 0.25) is 5.91 Å². The molecule has 8 nitrogen and oxygen atoms in total. The van der Waals surface area contributed by atoms with Crippen molar-refractivity contribution in [1.29, 1.82) is 0 Å². The first kappa shape index (κ1) is 22.2. The Hall–Kier alpha value is -2.06. The molecule has 0 radical (unpaired) electrons. The van der Waals surface area contributed by atoms with Gasteiger partial charge >= 0.3 is 0 Å². The number of ether oxygens (including phenoxy) is 1. The topological polar surface area (TPSA) is 82.3 Å². The lowest BCUT2D eigenvalue weighted by Gasteiger charge is -2.26. The molecule has 2 rings (SSSR count). The Morgan fingerprint density at radius 3 is 2.82 bits per heavy atom. The summed E-state index contributed by atoms with van der Waals surface area (Å²) in [5.41, 5.74) is 0. The van der Waals surface area contributed by atoms with Crippen LogP contribution < -0.4 is 10.6 Å². The van der Waals surface area contributed by atoms with E-state index in [0.29, 0.717) is 13.2 Å². The minimum atomic E-state index is 0.0496. The summed E-state index contributed by atoms with van der Waals surface area (Å²) in [5, 5.41) is 6.63. The molecule has 158 valence electrons. The summed E-state index contributed by atoms with van der Waals surface area (Å²) in [7, 11) is 5.44. The van der Waals surface area contributed by atoms with Crippen molar-refractivity contribution in [2.24, 2.45) is 4.99 Å². The number of nitrogens with zero attached hydrogens (tertiary/aromatic N) is 3. The number of likely N-dealkylation sites (tertiary alicyclic amines) is 1. The van der Waals surface area contributed by atoms with E-state index in [0.717, 1.165) is 63.6 Å². The van der Waals surface area contributed by atoms with Crippen molar-refractivity contribution >= 4 is 11.9 Å². The number of aliphatic imine (C=N–C) groups is 1. The van der Waals surface area contributed by atoms with E-state index in [2.05, 4.69) is 20.5 Å². The summed E-state index contributed by atoms with van der Waals surface area (Å²) in [6.07, 6.45) is 5.59. The van der Waals surface area contributed by atoms with Gasteiger partial charge in [0.15, 0.2) is 5.96 Å². The van der Waals surface area contributed by atoms with Crippen LogP contribution in [0.15, 0.2) is 27.8 Å². The molecule has 1 fully saturated rings. The standard InChI is InChI=1S/C20H35N5O3/c1-21-20(23-11-7-14-27-16-17-8-5-15-28-17)22-10-6-13-25-12-4-9-18(25)19(26)24(2)3/h5,8,15,18H,4,6-7,9-14,16H2,1-3H3,(H2,21,22,23). The maximum absolute atomic E-state index is 12.2. The van der Waals surface area contributed by atoms with E-state index in [1.807, 2.05) is 26.2 Å². The number of rotatable bonds is 11. The van der Waals surface area contributed by atoms with Crippen LogP contribution in [-0.2, 0) is 16.1 Å². The van der Waals surface area contributed by atoms with Gasteiger partial charge in [-0.1, -0.05) is 0 Å². The van der Waals surface area contributed by atoms with Crippen LogP contribution >= 0.6 is 0 Å². The minimum absolute atomic E-state index is 0.0496. The molecule has 8 heteroatoms. The molecule has 1 aromatic rings. The molecule has 1 aliphatic heterocycles. The third-order valence-electron chi connectivity index (χ3n) is 4.81. The fourth-order valence-corrected chi connectivity index (χ4v) is 3.33. The van der Waals surface area contributed by atoms with Gasteiger partial charge in [-0.05, 0) is 44.4 Å². The lowest BCUT2D eigenvalue weighted by Crippen LogP contribution is -2.44. The minimum Gasteiger partial charge on any atom is -0.467 e. The van der Waals surface area contributed by atoms with Gasteiger partial charge in [0.05, 0.1) is 12.3 Å². The zero-order chi connectivity index (χ0) is 20.2. The predicted octanol–water partition coefficient (Wildman–Crippen LogP) is 1.29. The lowest BCUT2D eigenvalue weighted by atomic mass is 10.2. The fraction of sp³-hybridized carbons (Fsp3) is 0.700. The van der Waals surface area contributed by atoms with Gasteiger partial charge in [0, 0.05) is 47.4 Å². The van der Waals surface area contributed by atoms with E-state index in [9.17, 15) is 4.79 Å². The van der Waals surface area contributed by atoms with Crippen LogP contribution in [0.1, 0.15) is 31.4 Å². The molecule has 1 unspecified atom stereocenters. The highest BCUT2D eigenvalue weighted by Gasteiger charge is 2.30. The molecule has 0 saturated carbocycles. The van der Waals surface area contributed by atoms with Gasteiger partial charge < -0.3 is 24.7 Å². The second-order valence-corrected chi connectivity index (χ2v) is 7.19. The molecule has 1 aliphatic rings. The average Bonchev–Trinajstić information content (AvgIpc) is 3.37. The number of hydrogen-bond acceptors (Lipinski definition) is 5. The van der Waals surface area contributed by atoms with Gasteiger partial charge in [-0.15, -0.1) is 0 Å². The third-order valence-corrected chi connectivity index (χ3v) is 4.81. The SMILES string of the molecule is CN=C(NCCCOCc1ccco1)NCCCN1CCCC1C(=O)N(C)C. The van der Waals surface area contributed by atoms with E-state index >= 15 is 0 Å². The molecule has 0 aliphatic carbocycles. The molecule has 0 aromatic carbocycles. The van der Waals surface area contributed by atoms with Crippen LogP contribution in [0.2, 0.25) is 0 Å². The smallest absolute Gasteiger partial charge is 0.239 e. The van der Waals surface area contributed by atoms with Crippen molar-refractivity contribution in [3.63, 3.8) is 0 Å². The molecule has 0 spiro atoms. The van der Waals surface area contributed by atoms with Crippen molar-refractivity contribution in [1.82, 2.24) is 20.4 Å². The predicted molar refractivity (Wildman–Crippen MR) is 110 cm³/mol. The number of guanidine groups is 1. The lowest BCUT2D eigenvalue weighted by molar-refractivity contribution is -0.133. The van der Waals surface area contributed by atoms with Crippen LogP contribution in [0.4, 0.5) is 0 Å². The van der Waals surface area contributed by atoms with Crippen molar-refractivity contribution in [3.8, 4) is 0 Å². The van der Waals surface area contributed by atoms with Crippen LogP contribution in [0, 0.1) is 0 Å². The summed E-state index contributed by atoms with van der Waals surface area (Å²) in [6, 6.07) is 3.82. The summed E-state index contributed by atoms with van der Waals surface area (Å²) >= 11 is 0. The third kappa shape index (κ3) is 7.52. The Morgan fingerprint density at radius 1 is 1.36 bits per heavy atom. The molecule has 28 heavy (non-hydrogen) atoms. The average molecular weight is 394 g/mol. The number of nitrogens with one attached hydrogen (secondary N) is 2.